The van der Waals surface area contributed by atoms with Gasteiger partial charge in [0.1, 0.15) is 47.6 Å². The average molecular weight is 733 g/mol. The van der Waals surface area contributed by atoms with Crippen LogP contribution in [-0.4, -0.2) is 55.2 Å². The van der Waals surface area contributed by atoms with Gasteiger partial charge in [0.15, 0.2) is 11.4 Å². The van der Waals surface area contributed by atoms with Gasteiger partial charge in [-0.1, -0.05) is 24.3 Å². The third-order valence-corrected chi connectivity index (χ3v) is 7.51. The number of azo groups is 2. The number of nitrogens with zero attached hydrogens (tertiary/aromatic N) is 4. The number of nitrogens with one attached hydrogen (secondary N) is 6. The second-order valence-electron chi connectivity index (χ2n) is 11.5. The lowest BCUT2D eigenvalue weighted by Gasteiger charge is -2.11. The maximum atomic E-state index is 13.0. The van der Waals surface area contributed by atoms with Crippen molar-refractivity contribution in [3.8, 4) is 11.5 Å². The molecule has 8 N–H and O–H groups in total. The molecule has 18 nitrogen and oxygen atoms in total. The maximum absolute atomic E-state index is 13.0. The number of carbonyl (C=O) groups excluding carboxylic acids is 2. The number of anilines is 2. The quantitative estimate of drug-likeness (QED) is 0.0280. The highest BCUT2D eigenvalue weighted by molar-refractivity contribution is 6.05. The van der Waals surface area contributed by atoms with Crippen LogP contribution in [0.3, 0.4) is 0 Å². The van der Waals surface area contributed by atoms with Gasteiger partial charge in [0.25, 0.3) is 11.8 Å². The van der Waals surface area contributed by atoms with Crippen molar-refractivity contribution in [2.45, 2.75) is 13.8 Å². The number of aliphatic hydroxyl groups is 2. The Labute approximate surface area is 304 Å². The van der Waals surface area contributed by atoms with Crippen LogP contribution in [0.5, 0.6) is 11.5 Å². The minimum Gasteiger partial charge on any atom is -0.510 e. The fourth-order valence-electron chi connectivity index (χ4n) is 5.00. The number of benzene rings is 4. The Morgan fingerprint density at radius 3 is 1.39 bits per heavy atom. The van der Waals surface area contributed by atoms with Gasteiger partial charge in [0.05, 0.1) is 22.1 Å². The van der Waals surface area contributed by atoms with Crippen LogP contribution in [-0.2, 0) is 9.59 Å². The molecule has 0 spiro atoms. The fourth-order valence-corrected chi connectivity index (χ4v) is 5.00. The van der Waals surface area contributed by atoms with Crippen molar-refractivity contribution in [3.63, 3.8) is 0 Å². The minimum absolute atomic E-state index is 0.0456. The molecule has 2 amide bonds. The first kappa shape index (κ1) is 36.0. The number of carbonyl (C=O) groups is 2. The molecule has 0 unspecified atom stereocenters. The SMILES string of the molecule is C/C(O)=C(/N=Nc1ccccc1OCCOc1ccccc1N=N/C(C(=O)Nc1ccc2[nH]c(=O)[nH]c2c1)=C(/C)O)C(=O)Nc1ccc2[nH]c(=O)[nH]c2c1. The number of H-pyrrole nitrogens is 4. The second-order valence-corrected chi connectivity index (χ2v) is 11.5. The van der Waals surface area contributed by atoms with E-state index in [4.69, 9.17) is 9.47 Å². The van der Waals surface area contributed by atoms with Crippen molar-refractivity contribution in [3.05, 3.63) is 129 Å². The van der Waals surface area contributed by atoms with E-state index in [1.165, 1.54) is 13.8 Å². The predicted octanol–water partition coefficient (Wildman–Crippen LogP) is 6.51. The van der Waals surface area contributed by atoms with Crippen molar-refractivity contribution < 1.29 is 29.3 Å². The molecule has 0 fully saturated rings. The summed E-state index contributed by atoms with van der Waals surface area (Å²) in [6.07, 6.45) is 0. The van der Waals surface area contributed by atoms with Crippen LogP contribution in [0.25, 0.3) is 22.1 Å². The van der Waals surface area contributed by atoms with Gasteiger partial charge >= 0.3 is 11.4 Å². The van der Waals surface area contributed by atoms with Crippen LogP contribution >= 0.6 is 0 Å². The molecule has 18 heteroatoms. The van der Waals surface area contributed by atoms with Gasteiger partial charge in [-0.2, -0.15) is 0 Å². The molecule has 274 valence electrons. The van der Waals surface area contributed by atoms with Crippen LogP contribution in [0, 0.1) is 0 Å². The number of para-hydroxylation sites is 2. The van der Waals surface area contributed by atoms with E-state index >= 15 is 0 Å². The highest BCUT2D eigenvalue weighted by atomic mass is 16.5. The number of aromatic nitrogens is 4. The molecule has 6 rings (SSSR count). The molecule has 2 aromatic heterocycles. The molecule has 0 atom stereocenters. The number of amides is 2. The largest absolute Gasteiger partial charge is 0.510 e. The first-order chi connectivity index (χ1) is 26.0. The van der Waals surface area contributed by atoms with E-state index in [1.54, 1.807) is 84.9 Å². The topological polar surface area (TPSA) is 264 Å². The van der Waals surface area contributed by atoms with Gasteiger partial charge in [0.2, 0.25) is 0 Å². The highest BCUT2D eigenvalue weighted by Gasteiger charge is 2.16. The van der Waals surface area contributed by atoms with E-state index in [1.807, 2.05) is 0 Å². The number of hydrogen-bond donors (Lipinski definition) is 8. The Morgan fingerprint density at radius 1 is 0.593 bits per heavy atom. The second kappa shape index (κ2) is 16.1. The number of rotatable bonds is 13. The van der Waals surface area contributed by atoms with Crippen molar-refractivity contribution in [1.29, 1.82) is 0 Å². The summed E-state index contributed by atoms with van der Waals surface area (Å²) in [6.45, 7) is 2.68. The molecule has 0 aliphatic rings. The van der Waals surface area contributed by atoms with Gasteiger partial charge in [-0.25, -0.2) is 9.59 Å². The summed E-state index contributed by atoms with van der Waals surface area (Å²) < 4.78 is 11.8. The maximum Gasteiger partial charge on any atom is 0.323 e. The van der Waals surface area contributed by atoms with Crippen LogP contribution in [0.15, 0.2) is 138 Å². The summed E-state index contributed by atoms with van der Waals surface area (Å²) in [5, 5.41) is 41.9. The molecule has 0 saturated carbocycles. The Balaban J connectivity index is 1.06. The summed E-state index contributed by atoms with van der Waals surface area (Å²) in [5.41, 5.74) is 1.89. The number of aliphatic hydroxyl groups excluding tert-OH is 2. The Morgan fingerprint density at radius 2 is 0.981 bits per heavy atom. The molecule has 0 bridgehead atoms. The molecule has 0 aliphatic carbocycles. The van der Waals surface area contributed by atoms with Crippen molar-refractivity contribution in [2.24, 2.45) is 20.5 Å². The number of hydrogen-bond acceptors (Lipinski definition) is 12. The molecule has 54 heavy (non-hydrogen) atoms. The lowest BCUT2D eigenvalue weighted by atomic mass is 10.2. The normalized spacial score (nSPS) is 12.6. The third kappa shape index (κ3) is 8.75. The molecule has 0 saturated heterocycles. The summed E-state index contributed by atoms with van der Waals surface area (Å²) in [7, 11) is 0. The molecule has 0 radical (unpaired) electrons. The van der Waals surface area contributed by atoms with Crippen LogP contribution in [0.1, 0.15) is 13.8 Å². The van der Waals surface area contributed by atoms with Crippen molar-refractivity contribution in [2.75, 3.05) is 23.8 Å². The summed E-state index contributed by atoms with van der Waals surface area (Å²) in [5.74, 6) is -1.58. The fraction of sp³-hybridized carbons (Fsp3) is 0.111. The van der Waals surface area contributed by atoms with Gasteiger partial charge in [-0.15, -0.1) is 20.5 Å². The Hall–Kier alpha value is -7.76. The van der Waals surface area contributed by atoms with Gasteiger partial charge in [-0.3, -0.25) is 9.59 Å². The molecule has 4 aromatic carbocycles. The number of aromatic amines is 4. The van der Waals surface area contributed by atoms with Crippen LogP contribution in [0.2, 0.25) is 0 Å². The third-order valence-electron chi connectivity index (χ3n) is 7.51. The number of allylic oxidation sites excluding steroid dienone is 2. The van der Waals surface area contributed by atoms with Crippen LogP contribution in [0.4, 0.5) is 22.7 Å². The number of fused-ring (bicyclic) bond motifs is 2. The van der Waals surface area contributed by atoms with Gasteiger partial charge in [0, 0.05) is 11.4 Å². The zero-order chi connectivity index (χ0) is 38.2. The molecule has 6 aromatic rings. The van der Waals surface area contributed by atoms with Gasteiger partial charge in [-0.05, 0) is 74.5 Å². The predicted molar refractivity (Wildman–Crippen MR) is 199 cm³/mol. The lowest BCUT2D eigenvalue weighted by molar-refractivity contribution is -0.113. The number of imidazole rings is 2. The minimum atomic E-state index is -0.732. The summed E-state index contributed by atoms with van der Waals surface area (Å²) >= 11 is 0. The molecular weight excluding hydrogens is 700 g/mol. The van der Waals surface area contributed by atoms with E-state index in [0.29, 0.717) is 44.9 Å². The van der Waals surface area contributed by atoms with Crippen molar-refractivity contribution >= 4 is 56.6 Å². The van der Waals surface area contributed by atoms with Gasteiger partial charge < -0.3 is 50.3 Å². The van der Waals surface area contributed by atoms with Crippen LogP contribution < -0.4 is 31.5 Å². The van der Waals surface area contributed by atoms with E-state index in [2.05, 4.69) is 51.0 Å². The zero-order valence-corrected chi connectivity index (χ0v) is 28.6. The van der Waals surface area contributed by atoms with Crippen molar-refractivity contribution in [1.82, 2.24) is 19.9 Å². The Bertz CT molecular complexity index is 2420. The van der Waals surface area contributed by atoms with E-state index < -0.39 is 11.8 Å². The first-order valence-corrected chi connectivity index (χ1v) is 16.2. The summed E-state index contributed by atoms with van der Waals surface area (Å²) in [6, 6.07) is 22.8. The first-order valence-electron chi connectivity index (χ1n) is 16.2. The monoisotopic (exact) mass is 732 g/mol. The molecule has 0 aliphatic heterocycles. The smallest absolute Gasteiger partial charge is 0.323 e. The summed E-state index contributed by atoms with van der Waals surface area (Å²) in [4.78, 5) is 59.5. The molecular formula is C36H32N10O8. The zero-order valence-electron chi connectivity index (χ0n) is 28.6. The standard InChI is InChI=1S/C36H32N10O8/c1-19(47)31(33(49)37-21-11-13-23-27(17-21)41-35(51)39-23)45-43-25-7-3-5-9-29(25)53-15-16-54-30-10-6-4-8-26(30)44-46-32(20(2)48)34(50)38-22-12-14-24-28(18-22)42-36(52)40-24/h3-14,17-18,47-48H,15-16H2,1-2H3,(H,37,49)(H,38,50)(H2,39,41,51)(H2,40,42,52)/b31-19-,32-20-,45-43?,46-44?. The van der Waals surface area contributed by atoms with E-state index in [0.717, 1.165) is 0 Å². The number of ether oxygens (including phenoxy) is 2. The lowest BCUT2D eigenvalue weighted by Crippen LogP contribution is -2.14. The van der Waals surface area contributed by atoms with E-state index in [9.17, 15) is 29.4 Å². The molecule has 2 heterocycles. The Kier molecular flexibility index (Phi) is 10.7. The van der Waals surface area contributed by atoms with E-state index in [-0.39, 0.29) is 58.9 Å². The average Bonchev–Trinajstić information content (AvgIpc) is 3.70. The highest BCUT2D eigenvalue weighted by Crippen LogP contribution is 2.30.